The first-order valence-corrected chi connectivity index (χ1v) is 2.61. The van der Waals surface area contributed by atoms with Crippen LogP contribution in [0.2, 0.25) is 0 Å². The van der Waals surface area contributed by atoms with Gasteiger partial charge in [0.15, 0.2) is 0 Å². The Labute approximate surface area is 52.1 Å². The number of likely N-dealkylation sites (N-methyl/N-ethyl adjacent to an activating group) is 1. The van der Waals surface area contributed by atoms with E-state index in [0.717, 1.165) is 4.90 Å². The Morgan fingerprint density at radius 1 is 1.67 bits per heavy atom. The van der Waals surface area contributed by atoms with Crippen molar-refractivity contribution in [1.29, 1.82) is 0 Å². The van der Waals surface area contributed by atoms with E-state index >= 15 is 0 Å². The fourth-order valence-corrected chi connectivity index (χ4v) is 0.736. The predicted octanol–water partition coefficient (Wildman–Crippen LogP) is -1.26. The number of carbonyl (C=O) groups excluding carboxylic acids is 2. The normalized spacial score (nSPS) is 27.8. The minimum Gasteiger partial charge on any atom is -0.383 e. The molecule has 0 radical (unpaired) electrons. The van der Waals surface area contributed by atoms with E-state index in [-0.39, 0.29) is 12.3 Å². The second-order valence-electron chi connectivity index (χ2n) is 2.01. The number of aliphatic hydroxyl groups is 1. The average molecular weight is 129 g/mol. The molecule has 9 heavy (non-hydrogen) atoms. The number of nitrogens with zero attached hydrogens (tertiary/aromatic N) is 1. The summed E-state index contributed by atoms with van der Waals surface area (Å²) in [4.78, 5) is 22.0. The van der Waals surface area contributed by atoms with Crippen LogP contribution in [0.4, 0.5) is 0 Å². The quantitative estimate of drug-likeness (QED) is 0.415. The van der Waals surface area contributed by atoms with Crippen LogP contribution in [0.1, 0.15) is 6.42 Å². The zero-order chi connectivity index (χ0) is 7.02. The summed E-state index contributed by atoms with van der Waals surface area (Å²) in [6.07, 6.45) is -1.16. The van der Waals surface area contributed by atoms with Crippen LogP contribution in [0.25, 0.3) is 0 Å². The number of rotatable bonds is 0. The molecule has 4 heteroatoms. The molecule has 1 fully saturated rings. The van der Waals surface area contributed by atoms with Crippen molar-refractivity contribution in [2.24, 2.45) is 0 Å². The lowest BCUT2D eigenvalue weighted by Crippen LogP contribution is -2.27. The lowest BCUT2D eigenvalue weighted by atomic mass is 10.3. The molecule has 1 atom stereocenters. The third-order valence-corrected chi connectivity index (χ3v) is 1.36. The van der Waals surface area contributed by atoms with Gasteiger partial charge in [-0.05, 0) is 0 Å². The zero-order valence-corrected chi connectivity index (χ0v) is 5.00. The predicted molar refractivity (Wildman–Crippen MR) is 28.4 cm³/mol. The monoisotopic (exact) mass is 129 g/mol. The number of hydrogen-bond acceptors (Lipinski definition) is 3. The molecule has 0 spiro atoms. The van der Waals surface area contributed by atoms with Gasteiger partial charge in [0.1, 0.15) is 6.10 Å². The van der Waals surface area contributed by atoms with Gasteiger partial charge in [-0.25, -0.2) is 0 Å². The molecule has 4 nitrogen and oxygen atoms in total. The number of carbonyl (C=O) groups is 2. The fraction of sp³-hybridized carbons (Fsp3) is 0.600. The van der Waals surface area contributed by atoms with E-state index in [9.17, 15) is 9.59 Å². The zero-order valence-electron chi connectivity index (χ0n) is 5.00. The van der Waals surface area contributed by atoms with Crippen molar-refractivity contribution in [3.8, 4) is 0 Å². The second kappa shape index (κ2) is 1.80. The standard InChI is InChI=1S/C5H7NO3/c1-6-4(8)2-3(7)5(6)9/h3,7H,2H2,1H3/t3-/m0/s1. The maximum absolute atomic E-state index is 10.6. The molecular formula is C5H7NO3. The Balaban J connectivity index is 2.77. The van der Waals surface area contributed by atoms with Crippen molar-refractivity contribution < 1.29 is 14.7 Å². The summed E-state index contributed by atoms with van der Waals surface area (Å²) in [5, 5.41) is 8.73. The van der Waals surface area contributed by atoms with Crippen molar-refractivity contribution in [3.05, 3.63) is 0 Å². The highest BCUT2D eigenvalue weighted by atomic mass is 16.3. The van der Waals surface area contributed by atoms with Gasteiger partial charge in [-0.3, -0.25) is 14.5 Å². The first-order valence-electron chi connectivity index (χ1n) is 2.61. The largest absolute Gasteiger partial charge is 0.383 e. The van der Waals surface area contributed by atoms with Gasteiger partial charge in [0.05, 0.1) is 6.42 Å². The Morgan fingerprint density at radius 3 is 2.33 bits per heavy atom. The molecule has 1 N–H and O–H groups in total. The summed E-state index contributed by atoms with van der Waals surface area (Å²) in [5.74, 6) is -0.812. The minimum atomic E-state index is -1.09. The summed E-state index contributed by atoms with van der Waals surface area (Å²) in [7, 11) is 1.36. The molecule has 0 bridgehead atoms. The molecule has 1 aliphatic rings. The molecule has 1 heterocycles. The number of aliphatic hydroxyl groups excluding tert-OH is 1. The summed E-state index contributed by atoms with van der Waals surface area (Å²) in [6.45, 7) is 0. The maximum Gasteiger partial charge on any atom is 0.258 e. The smallest absolute Gasteiger partial charge is 0.258 e. The van der Waals surface area contributed by atoms with Crippen molar-refractivity contribution in [2.75, 3.05) is 7.05 Å². The number of amides is 2. The van der Waals surface area contributed by atoms with Gasteiger partial charge in [-0.1, -0.05) is 0 Å². The highest BCUT2D eigenvalue weighted by Gasteiger charge is 2.33. The Morgan fingerprint density at radius 2 is 2.22 bits per heavy atom. The highest BCUT2D eigenvalue weighted by Crippen LogP contribution is 2.08. The van der Waals surface area contributed by atoms with Crippen molar-refractivity contribution in [1.82, 2.24) is 4.90 Å². The Hall–Kier alpha value is -0.900. The summed E-state index contributed by atoms with van der Waals surface area (Å²) >= 11 is 0. The van der Waals surface area contributed by atoms with Crippen LogP contribution in [0.15, 0.2) is 0 Å². The van der Waals surface area contributed by atoms with Crippen LogP contribution < -0.4 is 0 Å². The minimum absolute atomic E-state index is 0.0602. The molecule has 1 aliphatic heterocycles. The van der Waals surface area contributed by atoms with Crippen LogP contribution in [0.3, 0.4) is 0 Å². The van der Waals surface area contributed by atoms with Gasteiger partial charge in [-0.2, -0.15) is 0 Å². The van der Waals surface area contributed by atoms with Gasteiger partial charge in [0, 0.05) is 7.05 Å². The number of hydrogen-bond donors (Lipinski definition) is 1. The highest BCUT2D eigenvalue weighted by molar-refractivity contribution is 6.04. The molecule has 2 amide bonds. The van der Waals surface area contributed by atoms with E-state index in [4.69, 9.17) is 5.11 Å². The summed E-state index contributed by atoms with van der Waals surface area (Å²) in [5.41, 5.74) is 0. The van der Waals surface area contributed by atoms with Crippen molar-refractivity contribution in [2.45, 2.75) is 12.5 Å². The molecular weight excluding hydrogens is 122 g/mol. The molecule has 0 aliphatic carbocycles. The van der Waals surface area contributed by atoms with Gasteiger partial charge in [0.2, 0.25) is 5.91 Å². The van der Waals surface area contributed by atoms with E-state index in [1.165, 1.54) is 7.05 Å². The van der Waals surface area contributed by atoms with E-state index in [0.29, 0.717) is 0 Å². The third-order valence-electron chi connectivity index (χ3n) is 1.36. The number of likely N-dealkylation sites (tertiary alicyclic amines) is 1. The lowest BCUT2D eigenvalue weighted by Gasteiger charge is -2.02. The first kappa shape index (κ1) is 6.22. The maximum atomic E-state index is 10.6. The van der Waals surface area contributed by atoms with Crippen LogP contribution >= 0.6 is 0 Å². The molecule has 1 rings (SSSR count). The SMILES string of the molecule is CN1C(=O)C[C@H](O)C1=O. The lowest BCUT2D eigenvalue weighted by molar-refractivity contribution is -0.139. The van der Waals surface area contributed by atoms with Gasteiger partial charge in [-0.15, -0.1) is 0 Å². The van der Waals surface area contributed by atoms with E-state index in [2.05, 4.69) is 0 Å². The second-order valence-corrected chi connectivity index (χ2v) is 2.01. The summed E-state index contributed by atoms with van der Waals surface area (Å²) in [6, 6.07) is 0. The van der Waals surface area contributed by atoms with E-state index < -0.39 is 12.0 Å². The van der Waals surface area contributed by atoms with E-state index in [1.54, 1.807) is 0 Å². The average Bonchev–Trinajstić information content (AvgIpc) is 1.98. The first-order chi connectivity index (χ1) is 4.13. The molecule has 0 unspecified atom stereocenters. The van der Waals surface area contributed by atoms with Crippen LogP contribution in [0, 0.1) is 0 Å². The third kappa shape index (κ3) is 0.810. The van der Waals surface area contributed by atoms with Crippen LogP contribution in [0.5, 0.6) is 0 Å². The fourth-order valence-electron chi connectivity index (χ4n) is 0.736. The number of imide groups is 1. The topological polar surface area (TPSA) is 57.6 Å². The van der Waals surface area contributed by atoms with E-state index in [1.807, 2.05) is 0 Å². The molecule has 0 aromatic rings. The van der Waals surface area contributed by atoms with Gasteiger partial charge in [0.25, 0.3) is 5.91 Å². The molecule has 50 valence electrons. The van der Waals surface area contributed by atoms with Gasteiger partial charge < -0.3 is 5.11 Å². The van der Waals surface area contributed by atoms with Gasteiger partial charge >= 0.3 is 0 Å². The molecule has 0 aromatic heterocycles. The van der Waals surface area contributed by atoms with Crippen molar-refractivity contribution >= 4 is 11.8 Å². The van der Waals surface area contributed by atoms with Crippen LogP contribution in [-0.4, -0.2) is 35.0 Å². The molecule has 0 aromatic carbocycles. The summed E-state index contributed by atoms with van der Waals surface area (Å²) < 4.78 is 0. The van der Waals surface area contributed by atoms with Crippen molar-refractivity contribution in [3.63, 3.8) is 0 Å². The van der Waals surface area contributed by atoms with Crippen LogP contribution in [-0.2, 0) is 9.59 Å². The molecule has 0 saturated carbocycles. The molecule has 1 saturated heterocycles. The Bertz CT molecular complexity index is 166. The Kier molecular flexibility index (Phi) is 1.25.